The van der Waals surface area contributed by atoms with E-state index in [4.69, 9.17) is 4.74 Å². The lowest BCUT2D eigenvalue weighted by atomic mass is 10.2. The topological polar surface area (TPSA) is 42.1 Å². The number of fused-ring (bicyclic) bond motifs is 1. The molecule has 0 aliphatic heterocycles. The Labute approximate surface area is 127 Å². The number of aromatic amines is 1. The van der Waals surface area contributed by atoms with Gasteiger partial charge in [-0.1, -0.05) is 0 Å². The van der Waals surface area contributed by atoms with Gasteiger partial charge in [-0.3, -0.25) is 0 Å². The van der Waals surface area contributed by atoms with Crippen LogP contribution in [0.5, 0.6) is 0 Å². The van der Waals surface area contributed by atoms with Crippen molar-refractivity contribution in [2.24, 2.45) is 0 Å². The SMILES string of the molecule is CC(C)OC(=O)c1cc2cc(I)c(I)cc2[nH]1. The van der Waals surface area contributed by atoms with Crippen molar-refractivity contribution in [3.63, 3.8) is 0 Å². The number of benzene rings is 1. The molecule has 0 fully saturated rings. The highest BCUT2D eigenvalue weighted by Gasteiger charge is 2.13. The predicted molar refractivity (Wildman–Crippen MR) is 84.3 cm³/mol. The molecule has 5 heteroatoms. The Morgan fingerprint density at radius 1 is 1.24 bits per heavy atom. The van der Waals surface area contributed by atoms with Crippen molar-refractivity contribution in [1.29, 1.82) is 0 Å². The highest BCUT2D eigenvalue weighted by molar-refractivity contribution is 14.1. The van der Waals surface area contributed by atoms with Crippen LogP contribution in [0.4, 0.5) is 0 Å². The van der Waals surface area contributed by atoms with E-state index in [2.05, 4.69) is 56.2 Å². The average molecular weight is 455 g/mol. The molecule has 0 saturated carbocycles. The Balaban J connectivity index is 2.41. The summed E-state index contributed by atoms with van der Waals surface area (Å²) in [6, 6.07) is 5.92. The summed E-state index contributed by atoms with van der Waals surface area (Å²) < 4.78 is 7.50. The lowest BCUT2D eigenvalue weighted by Gasteiger charge is -2.05. The van der Waals surface area contributed by atoms with Gasteiger partial charge in [-0.15, -0.1) is 0 Å². The van der Waals surface area contributed by atoms with Crippen LogP contribution in [0.15, 0.2) is 18.2 Å². The molecule has 2 aromatic rings. The van der Waals surface area contributed by atoms with Crippen LogP contribution in [-0.2, 0) is 4.74 Å². The maximum atomic E-state index is 11.7. The van der Waals surface area contributed by atoms with E-state index in [1.54, 1.807) is 0 Å². The molecule has 2 rings (SSSR count). The predicted octanol–water partition coefficient (Wildman–Crippen LogP) is 3.94. The van der Waals surface area contributed by atoms with E-state index in [1.807, 2.05) is 26.0 Å². The van der Waals surface area contributed by atoms with Gasteiger partial charge in [0.25, 0.3) is 0 Å². The Bertz CT molecular complexity index is 536. The van der Waals surface area contributed by atoms with E-state index in [1.165, 1.54) is 7.14 Å². The molecule has 90 valence electrons. The zero-order chi connectivity index (χ0) is 12.6. The Hall–Kier alpha value is -0.310. The second-order valence-electron chi connectivity index (χ2n) is 3.99. The Kier molecular flexibility index (Phi) is 3.96. The molecule has 0 atom stereocenters. The third-order valence-electron chi connectivity index (χ3n) is 2.22. The number of halogens is 2. The number of carbonyl (C=O) groups excluding carboxylic acids is 1. The number of carbonyl (C=O) groups is 1. The summed E-state index contributed by atoms with van der Waals surface area (Å²) in [5.74, 6) is -0.304. The smallest absolute Gasteiger partial charge is 0.355 e. The Morgan fingerprint density at radius 2 is 1.88 bits per heavy atom. The number of esters is 1. The molecule has 0 unspecified atom stereocenters. The first-order chi connectivity index (χ1) is 7.97. The van der Waals surface area contributed by atoms with Crippen LogP contribution in [0, 0.1) is 7.14 Å². The van der Waals surface area contributed by atoms with E-state index in [0.29, 0.717) is 5.69 Å². The Morgan fingerprint density at radius 3 is 2.53 bits per heavy atom. The summed E-state index contributed by atoms with van der Waals surface area (Å²) in [5, 5.41) is 1.03. The standard InChI is InChI=1S/C12H11I2NO2/c1-6(2)17-12(16)11-4-7-3-8(13)9(14)5-10(7)15-11/h3-6,15H,1-2H3. The molecule has 0 bridgehead atoms. The van der Waals surface area contributed by atoms with E-state index in [-0.39, 0.29) is 12.1 Å². The van der Waals surface area contributed by atoms with Gasteiger partial charge in [0.1, 0.15) is 5.69 Å². The van der Waals surface area contributed by atoms with Crippen LogP contribution < -0.4 is 0 Å². The van der Waals surface area contributed by atoms with E-state index in [9.17, 15) is 4.79 Å². The first-order valence-electron chi connectivity index (χ1n) is 5.16. The minimum absolute atomic E-state index is 0.103. The number of ether oxygens (including phenoxy) is 1. The van der Waals surface area contributed by atoms with Gasteiger partial charge >= 0.3 is 5.97 Å². The fraction of sp³-hybridized carbons (Fsp3) is 0.250. The first kappa shape index (κ1) is 13.1. The number of aromatic nitrogens is 1. The second kappa shape index (κ2) is 5.13. The van der Waals surface area contributed by atoms with Crippen molar-refractivity contribution >= 4 is 62.1 Å². The molecule has 1 N–H and O–H groups in total. The van der Waals surface area contributed by atoms with Gasteiger partial charge in [-0.05, 0) is 77.2 Å². The molecule has 0 radical (unpaired) electrons. The quantitative estimate of drug-likeness (QED) is 0.551. The maximum absolute atomic E-state index is 11.7. The lowest BCUT2D eigenvalue weighted by molar-refractivity contribution is 0.0372. The molecule has 0 amide bonds. The third kappa shape index (κ3) is 2.93. The molecule has 3 nitrogen and oxygen atoms in total. The fourth-order valence-corrected chi connectivity index (χ4v) is 2.47. The summed E-state index contributed by atoms with van der Waals surface area (Å²) in [5.41, 5.74) is 1.47. The van der Waals surface area contributed by atoms with Crippen molar-refractivity contribution in [3.8, 4) is 0 Å². The number of H-pyrrole nitrogens is 1. The largest absolute Gasteiger partial charge is 0.458 e. The third-order valence-corrected chi connectivity index (χ3v) is 5.04. The highest BCUT2D eigenvalue weighted by atomic mass is 127. The average Bonchev–Trinajstić information content (AvgIpc) is 2.60. The van der Waals surface area contributed by atoms with Crippen LogP contribution in [0.25, 0.3) is 10.9 Å². The fourth-order valence-electron chi connectivity index (χ4n) is 1.51. The van der Waals surface area contributed by atoms with Gasteiger partial charge in [0, 0.05) is 18.0 Å². The van der Waals surface area contributed by atoms with Gasteiger partial charge in [-0.25, -0.2) is 4.79 Å². The van der Waals surface area contributed by atoms with Crippen molar-refractivity contribution in [2.45, 2.75) is 20.0 Å². The van der Waals surface area contributed by atoms with Crippen molar-refractivity contribution in [1.82, 2.24) is 4.98 Å². The zero-order valence-corrected chi connectivity index (χ0v) is 13.7. The van der Waals surface area contributed by atoms with Crippen molar-refractivity contribution in [2.75, 3.05) is 0 Å². The molecule has 0 spiro atoms. The van der Waals surface area contributed by atoms with Crippen LogP contribution in [0.3, 0.4) is 0 Å². The first-order valence-corrected chi connectivity index (χ1v) is 7.32. The van der Waals surface area contributed by atoms with Gasteiger partial charge in [0.2, 0.25) is 0 Å². The summed E-state index contributed by atoms with van der Waals surface area (Å²) in [6.45, 7) is 3.68. The van der Waals surface area contributed by atoms with Crippen LogP contribution in [0.2, 0.25) is 0 Å². The van der Waals surface area contributed by atoms with Gasteiger partial charge in [0.15, 0.2) is 0 Å². The molecule has 17 heavy (non-hydrogen) atoms. The van der Waals surface area contributed by atoms with Crippen molar-refractivity contribution in [3.05, 3.63) is 31.0 Å². The minimum Gasteiger partial charge on any atom is -0.458 e. The number of nitrogens with one attached hydrogen (secondary N) is 1. The maximum Gasteiger partial charge on any atom is 0.355 e. The number of rotatable bonds is 2. The van der Waals surface area contributed by atoms with Crippen LogP contribution >= 0.6 is 45.2 Å². The number of hydrogen-bond donors (Lipinski definition) is 1. The second-order valence-corrected chi connectivity index (χ2v) is 6.32. The van der Waals surface area contributed by atoms with E-state index >= 15 is 0 Å². The summed E-state index contributed by atoms with van der Waals surface area (Å²) in [7, 11) is 0. The molecule has 1 heterocycles. The van der Waals surface area contributed by atoms with Gasteiger partial charge in [0.05, 0.1) is 6.10 Å². The minimum atomic E-state index is -0.304. The molecular formula is C12H11I2NO2. The van der Waals surface area contributed by atoms with Gasteiger partial charge in [-0.2, -0.15) is 0 Å². The van der Waals surface area contributed by atoms with Crippen molar-refractivity contribution < 1.29 is 9.53 Å². The van der Waals surface area contributed by atoms with Crippen LogP contribution in [0.1, 0.15) is 24.3 Å². The molecule has 1 aromatic heterocycles. The molecule has 0 aliphatic carbocycles. The summed E-state index contributed by atoms with van der Waals surface area (Å²) in [6.07, 6.45) is -0.103. The highest BCUT2D eigenvalue weighted by Crippen LogP contribution is 2.23. The normalized spacial score (nSPS) is 11.1. The van der Waals surface area contributed by atoms with Gasteiger partial charge < -0.3 is 9.72 Å². The van der Waals surface area contributed by atoms with E-state index < -0.39 is 0 Å². The summed E-state index contributed by atoms with van der Waals surface area (Å²) >= 11 is 4.56. The lowest BCUT2D eigenvalue weighted by Crippen LogP contribution is -2.11. The molecule has 0 aliphatic rings. The van der Waals surface area contributed by atoms with E-state index in [0.717, 1.165) is 10.9 Å². The molecule has 0 saturated heterocycles. The zero-order valence-electron chi connectivity index (χ0n) is 9.38. The number of hydrogen-bond acceptors (Lipinski definition) is 2. The molecule has 1 aromatic carbocycles. The summed E-state index contributed by atoms with van der Waals surface area (Å²) in [4.78, 5) is 14.8. The van der Waals surface area contributed by atoms with Crippen LogP contribution in [-0.4, -0.2) is 17.1 Å². The monoisotopic (exact) mass is 455 g/mol. The molecular weight excluding hydrogens is 444 g/mol.